The molecule has 6 heteroatoms. The lowest BCUT2D eigenvalue weighted by Crippen LogP contribution is -2.48. The second-order valence-corrected chi connectivity index (χ2v) is 5.39. The summed E-state index contributed by atoms with van der Waals surface area (Å²) in [4.78, 5) is 12.8. The third-order valence-corrected chi connectivity index (χ3v) is 4.02. The third kappa shape index (κ3) is 3.07. The van der Waals surface area contributed by atoms with Crippen molar-refractivity contribution in [3.8, 4) is 0 Å². The topological polar surface area (TPSA) is 58.4 Å². The minimum absolute atomic E-state index is 0.135. The van der Waals surface area contributed by atoms with E-state index in [0.29, 0.717) is 10.5 Å². The minimum Gasteiger partial charge on any atom is -0.312 e. The predicted molar refractivity (Wildman–Crippen MR) is 73.5 cm³/mol. The average Bonchev–Trinajstić information content (AvgIpc) is 2.31. The van der Waals surface area contributed by atoms with Crippen LogP contribution >= 0.6 is 15.9 Å². The molecular weight excluding hydrogens is 298 g/mol. The molecular formula is C12H16BrN3O2. The number of nitro benzene ring substituents is 1. The number of halogens is 1. The molecule has 0 radical (unpaired) electrons. The molecule has 0 bridgehead atoms. The highest BCUT2D eigenvalue weighted by Gasteiger charge is 2.19. The Morgan fingerprint density at radius 1 is 1.61 bits per heavy atom. The van der Waals surface area contributed by atoms with Gasteiger partial charge in [0.05, 0.1) is 9.40 Å². The zero-order chi connectivity index (χ0) is 13.1. The number of hydrogen-bond acceptors (Lipinski definition) is 4. The maximum Gasteiger partial charge on any atom is 0.283 e. The van der Waals surface area contributed by atoms with Gasteiger partial charge in [-0.05, 0) is 28.4 Å². The van der Waals surface area contributed by atoms with Crippen LogP contribution < -0.4 is 5.32 Å². The Kier molecular flexibility index (Phi) is 4.31. The van der Waals surface area contributed by atoms with Crippen molar-refractivity contribution >= 4 is 21.6 Å². The molecule has 1 aromatic rings. The molecule has 1 aliphatic heterocycles. The normalized spacial score (nSPS) is 20.9. The number of hydrogen-bond donors (Lipinski definition) is 1. The van der Waals surface area contributed by atoms with Crippen LogP contribution in [0.15, 0.2) is 22.7 Å². The molecule has 0 aliphatic carbocycles. The van der Waals surface area contributed by atoms with Crippen LogP contribution in [0.4, 0.5) is 5.69 Å². The number of nitro groups is 1. The van der Waals surface area contributed by atoms with Gasteiger partial charge in [0, 0.05) is 38.3 Å². The number of rotatable bonds is 3. The van der Waals surface area contributed by atoms with Gasteiger partial charge in [-0.1, -0.05) is 12.1 Å². The van der Waals surface area contributed by atoms with Crippen LogP contribution in [0, 0.1) is 10.1 Å². The first-order chi connectivity index (χ1) is 8.58. The molecule has 0 saturated carbocycles. The van der Waals surface area contributed by atoms with Gasteiger partial charge in [0.1, 0.15) is 0 Å². The van der Waals surface area contributed by atoms with Crippen LogP contribution in [0.5, 0.6) is 0 Å². The lowest BCUT2D eigenvalue weighted by Gasteiger charge is -2.31. The number of nitrogens with zero attached hydrogens (tertiary/aromatic N) is 2. The van der Waals surface area contributed by atoms with Gasteiger partial charge >= 0.3 is 0 Å². The predicted octanol–water partition coefficient (Wildman–Crippen LogP) is 2.15. The first-order valence-corrected chi connectivity index (χ1v) is 6.74. The molecule has 98 valence electrons. The Bertz CT molecular complexity index is 453. The van der Waals surface area contributed by atoms with Crippen molar-refractivity contribution < 1.29 is 4.92 Å². The summed E-state index contributed by atoms with van der Waals surface area (Å²) < 4.78 is 0.598. The van der Waals surface area contributed by atoms with Crippen LogP contribution in [0.1, 0.15) is 12.5 Å². The monoisotopic (exact) mass is 313 g/mol. The van der Waals surface area contributed by atoms with Gasteiger partial charge in [-0.25, -0.2) is 0 Å². The van der Waals surface area contributed by atoms with E-state index in [1.807, 2.05) is 6.07 Å². The molecule has 1 N–H and O–H groups in total. The first kappa shape index (κ1) is 13.5. The van der Waals surface area contributed by atoms with Crippen LogP contribution in [0.25, 0.3) is 0 Å². The average molecular weight is 314 g/mol. The minimum atomic E-state index is -0.353. The second kappa shape index (κ2) is 5.77. The standard InChI is InChI=1S/C12H16BrN3O2/c1-9-7-15(6-5-14-9)8-10-3-2-4-11(12(10)13)16(17)18/h2-4,9,14H,5-8H2,1H3. The molecule has 0 aromatic heterocycles. The molecule has 0 amide bonds. The van der Waals surface area contributed by atoms with E-state index in [0.717, 1.165) is 31.7 Å². The summed E-state index contributed by atoms with van der Waals surface area (Å²) in [5.74, 6) is 0. The Hall–Kier alpha value is -0.980. The zero-order valence-electron chi connectivity index (χ0n) is 10.2. The van der Waals surface area contributed by atoms with Gasteiger partial charge in [0.25, 0.3) is 5.69 Å². The maximum atomic E-state index is 10.9. The molecule has 1 fully saturated rings. The molecule has 18 heavy (non-hydrogen) atoms. The number of piperazine rings is 1. The van der Waals surface area contributed by atoms with Crippen molar-refractivity contribution in [3.63, 3.8) is 0 Å². The molecule has 1 atom stereocenters. The van der Waals surface area contributed by atoms with Gasteiger partial charge < -0.3 is 5.32 Å². The molecule has 1 saturated heterocycles. The molecule has 1 heterocycles. The van der Waals surface area contributed by atoms with Gasteiger partial charge in [-0.3, -0.25) is 15.0 Å². The highest BCUT2D eigenvalue weighted by atomic mass is 79.9. The van der Waals surface area contributed by atoms with E-state index in [-0.39, 0.29) is 10.6 Å². The first-order valence-electron chi connectivity index (χ1n) is 5.95. The van der Waals surface area contributed by atoms with E-state index in [2.05, 4.69) is 33.1 Å². The van der Waals surface area contributed by atoms with Gasteiger partial charge in [-0.15, -0.1) is 0 Å². The fourth-order valence-electron chi connectivity index (χ4n) is 2.23. The molecule has 5 nitrogen and oxygen atoms in total. The lowest BCUT2D eigenvalue weighted by molar-refractivity contribution is -0.385. The van der Waals surface area contributed by atoms with Crippen molar-refractivity contribution in [2.75, 3.05) is 19.6 Å². The Morgan fingerprint density at radius 3 is 3.06 bits per heavy atom. The van der Waals surface area contributed by atoms with Crippen molar-refractivity contribution in [2.45, 2.75) is 19.5 Å². The molecule has 1 aromatic carbocycles. The summed E-state index contributed by atoms with van der Waals surface area (Å²) in [6.45, 7) is 5.80. The Labute approximate surface area is 114 Å². The summed E-state index contributed by atoms with van der Waals surface area (Å²) >= 11 is 3.34. The summed E-state index contributed by atoms with van der Waals surface area (Å²) in [5.41, 5.74) is 1.11. The van der Waals surface area contributed by atoms with Crippen molar-refractivity contribution in [2.24, 2.45) is 0 Å². The molecule has 0 spiro atoms. The maximum absolute atomic E-state index is 10.9. The van der Waals surface area contributed by atoms with Crippen molar-refractivity contribution in [1.82, 2.24) is 10.2 Å². The van der Waals surface area contributed by atoms with Gasteiger partial charge in [0.15, 0.2) is 0 Å². The summed E-state index contributed by atoms with van der Waals surface area (Å²) in [7, 11) is 0. The second-order valence-electron chi connectivity index (χ2n) is 4.60. The van der Waals surface area contributed by atoms with E-state index in [1.54, 1.807) is 6.07 Å². The smallest absolute Gasteiger partial charge is 0.283 e. The van der Waals surface area contributed by atoms with Crippen LogP contribution in [0.3, 0.4) is 0 Å². The molecule has 2 rings (SSSR count). The largest absolute Gasteiger partial charge is 0.312 e. The highest BCUT2D eigenvalue weighted by Crippen LogP contribution is 2.29. The fourth-order valence-corrected chi connectivity index (χ4v) is 2.76. The van der Waals surface area contributed by atoms with Crippen LogP contribution in [-0.2, 0) is 6.54 Å². The Balaban J connectivity index is 2.14. The third-order valence-electron chi connectivity index (χ3n) is 3.10. The van der Waals surface area contributed by atoms with Crippen LogP contribution in [0.2, 0.25) is 0 Å². The summed E-state index contributed by atoms with van der Waals surface area (Å²) in [5, 5.41) is 14.3. The molecule has 1 aliphatic rings. The Morgan fingerprint density at radius 2 is 2.39 bits per heavy atom. The zero-order valence-corrected chi connectivity index (χ0v) is 11.8. The number of nitrogens with one attached hydrogen (secondary N) is 1. The van der Waals surface area contributed by atoms with E-state index >= 15 is 0 Å². The fraction of sp³-hybridized carbons (Fsp3) is 0.500. The highest BCUT2D eigenvalue weighted by molar-refractivity contribution is 9.10. The lowest BCUT2D eigenvalue weighted by atomic mass is 10.1. The number of benzene rings is 1. The summed E-state index contributed by atoms with van der Waals surface area (Å²) in [6.07, 6.45) is 0. The van der Waals surface area contributed by atoms with Crippen molar-refractivity contribution in [3.05, 3.63) is 38.3 Å². The summed E-state index contributed by atoms with van der Waals surface area (Å²) in [6, 6.07) is 5.66. The van der Waals surface area contributed by atoms with Crippen molar-refractivity contribution in [1.29, 1.82) is 0 Å². The molecule has 1 unspecified atom stereocenters. The van der Waals surface area contributed by atoms with E-state index in [9.17, 15) is 10.1 Å². The van der Waals surface area contributed by atoms with Gasteiger partial charge in [-0.2, -0.15) is 0 Å². The quantitative estimate of drug-likeness (QED) is 0.686. The SMILES string of the molecule is CC1CN(Cc2cccc([N+](=O)[O-])c2Br)CCN1. The van der Waals surface area contributed by atoms with E-state index in [1.165, 1.54) is 6.07 Å². The van der Waals surface area contributed by atoms with E-state index < -0.39 is 0 Å². The van der Waals surface area contributed by atoms with E-state index in [4.69, 9.17) is 0 Å². The van der Waals surface area contributed by atoms with Crippen LogP contribution in [-0.4, -0.2) is 35.5 Å². The van der Waals surface area contributed by atoms with Gasteiger partial charge in [0.2, 0.25) is 0 Å².